The summed E-state index contributed by atoms with van der Waals surface area (Å²) in [7, 11) is 0. The molecular weight excluding hydrogens is 571 g/mol. The zero-order valence-electron chi connectivity index (χ0n) is 23.8. The van der Waals surface area contributed by atoms with Gasteiger partial charge in [-0.05, 0) is 74.7 Å². The third-order valence-corrected chi connectivity index (χ3v) is 10.8. The number of H-pyrrole nitrogens is 1. The van der Waals surface area contributed by atoms with Crippen LogP contribution in [0.2, 0.25) is 5.02 Å². The number of aliphatic carboxylic acids is 1. The maximum atomic E-state index is 14.6. The van der Waals surface area contributed by atoms with E-state index < -0.39 is 40.8 Å². The number of carboxylic acid groups (broad SMARTS) is 1. The molecule has 3 saturated carbocycles. The SMILES string of the molecule is CC1(C(=O)O)CCC(n2ncc(C(=O)N(CCc3c[nH]c4cncc(Cl)c34)C3C[C@@H]4[C@H](C3)C4(C)C)c2C(F)(F)F)CC1. The molecule has 2 N–H and O–H groups in total. The van der Waals surface area contributed by atoms with Gasteiger partial charge in [0.1, 0.15) is 0 Å². The van der Waals surface area contributed by atoms with Gasteiger partial charge in [-0.1, -0.05) is 25.4 Å². The van der Waals surface area contributed by atoms with Gasteiger partial charge in [0.15, 0.2) is 5.69 Å². The number of hydrogen-bond acceptors (Lipinski definition) is 4. The molecule has 3 aliphatic rings. The quantitative estimate of drug-likeness (QED) is 0.310. The number of aromatic amines is 1. The zero-order chi connectivity index (χ0) is 30.2. The third kappa shape index (κ3) is 4.77. The number of fused-ring (bicyclic) bond motifs is 2. The van der Waals surface area contributed by atoms with Crippen molar-refractivity contribution in [3.05, 3.63) is 46.6 Å². The van der Waals surface area contributed by atoms with Gasteiger partial charge in [0.25, 0.3) is 5.91 Å². The van der Waals surface area contributed by atoms with Gasteiger partial charge in [-0.2, -0.15) is 18.3 Å². The molecule has 226 valence electrons. The van der Waals surface area contributed by atoms with Gasteiger partial charge >= 0.3 is 12.1 Å². The predicted octanol–water partition coefficient (Wildman–Crippen LogP) is 6.76. The van der Waals surface area contributed by atoms with Crippen LogP contribution < -0.4 is 0 Å². The van der Waals surface area contributed by atoms with E-state index in [9.17, 15) is 27.9 Å². The van der Waals surface area contributed by atoms with Crippen molar-refractivity contribution < 1.29 is 27.9 Å². The Balaban J connectivity index is 1.30. The molecule has 0 aliphatic heterocycles. The Kier molecular flexibility index (Phi) is 6.90. The Bertz CT molecular complexity index is 1520. The highest BCUT2D eigenvalue weighted by atomic mass is 35.5. The van der Waals surface area contributed by atoms with Gasteiger partial charge < -0.3 is 15.0 Å². The first-order valence-corrected chi connectivity index (χ1v) is 14.9. The van der Waals surface area contributed by atoms with Crippen LogP contribution in [-0.4, -0.2) is 54.2 Å². The fourth-order valence-electron chi connectivity index (χ4n) is 7.66. The fourth-order valence-corrected chi connectivity index (χ4v) is 7.94. The summed E-state index contributed by atoms with van der Waals surface area (Å²) >= 11 is 6.41. The molecule has 0 saturated heterocycles. The molecule has 3 fully saturated rings. The summed E-state index contributed by atoms with van der Waals surface area (Å²) < 4.78 is 44.8. The Hall–Kier alpha value is -3.08. The van der Waals surface area contributed by atoms with Gasteiger partial charge in [0, 0.05) is 30.4 Å². The monoisotopic (exact) mass is 605 g/mol. The van der Waals surface area contributed by atoms with Crippen LogP contribution in [0.4, 0.5) is 13.2 Å². The molecule has 1 unspecified atom stereocenters. The molecule has 0 radical (unpaired) electrons. The Morgan fingerprint density at radius 1 is 1.14 bits per heavy atom. The van der Waals surface area contributed by atoms with Gasteiger partial charge in [0.2, 0.25) is 0 Å². The second-order valence-electron chi connectivity index (χ2n) is 13.2. The van der Waals surface area contributed by atoms with Crippen molar-refractivity contribution in [2.45, 2.75) is 84.0 Å². The summed E-state index contributed by atoms with van der Waals surface area (Å²) in [6.45, 7) is 6.27. The van der Waals surface area contributed by atoms with Crippen molar-refractivity contribution in [3.63, 3.8) is 0 Å². The van der Waals surface area contributed by atoms with Crippen LogP contribution >= 0.6 is 11.6 Å². The number of carbonyl (C=O) groups is 2. The molecule has 1 amide bonds. The number of hydrogen-bond donors (Lipinski definition) is 2. The number of pyridine rings is 1. The molecule has 42 heavy (non-hydrogen) atoms. The Morgan fingerprint density at radius 2 is 1.81 bits per heavy atom. The van der Waals surface area contributed by atoms with E-state index in [4.69, 9.17) is 11.6 Å². The summed E-state index contributed by atoms with van der Waals surface area (Å²) in [5.41, 5.74) is -0.659. The van der Waals surface area contributed by atoms with Crippen LogP contribution in [0, 0.1) is 22.7 Å². The first-order valence-electron chi connectivity index (χ1n) is 14.5. The third-order valence-electron chi connectivity index (χ3n) is 10.5. The lowest BCUT2D eigenvalue weighted by molar-refractivity contribution is -0.152. The number of aromatic nitrogens is 4. The van der Waals surface area contributed by atoms with E-state index in [1.54, 1.807) is 24.2 Å². The Morgan fingerprint density at radius 3 is 2.43 bits per heavy atom. The average Bonchev–Trinajstić information content (AvgIpc) is 3.48. The summed E-state index contributed by atoms with van der Waals surface area (Å²) in [5, 5.41) is 14.9. The minimum Gasteiger partial charge on any atom is -0.481 e. The van der Waals surface area contributed by atoms with Crippen molar-refractivity contribution in [1.29, 1.82) is 0 Å². The largest absolute Gasteiger partial charge is 0.481 e. The molecule has 8 nitrogen and oxygen atoms in total. The highest BCUT2D eigenvalue weighted by Crippen LogP contribution is 2.67. The highest BCUT2D eigenvalue weighted by Gasteiger charge is 2.63. The number of rotatable bonds is 7. The molecule has 6 rings (SSSR count). The van der Waals surface area contributed by atoms with E-state index in [0.29, 0.717) is 23.3 Å². The van der Waals surface area contributed by atoms with Crippen molar-refractivity contribution in [2.75, 3.05) is 6.54 Å². The molecule has 0 bridgehead atoms. The van der Waals surface area contributed by atoms with Crippen LogP contribution in [-0.2, 0) is 17.4 Å². The summed E-state index contributed by atoms with van der Waals surface area (Å²) in [6.07, 6.45) is 4.14. The minimum atomic E-state index is -4.81. The van der Waals surface area contributed by atoms with Gasteiger partial charge in [-0.3, -0.25) is 19.3 Å². The molecule has 12 heteroatoms. The zero-order valence-corrected chi connectivity index (χ0v) is 24.6. The van der Waals surface area contributed by atoms with Crippen LogP contribution in [0.15, 0.2) is 24.8 Å². The lowest BCUT2D eigenvalue weighted by Crippen LogP contribution is -2.42. The maximum Gasteiger partial charge on any atom is 0.433 e. The van der Waals surface area contributed by atoms with Gasteiger partial charge in [-0.15, -0.1) is 0 Å². The van der Waals surface area contributed by atoms with E-state index >= 15 is 0 Å². The summed E-state index contributed by atoms with van der Waals surface area (Å²) in [4.78, 5) is 34.6. The number of nitrogens with one attached hydrogen (secondary N) is 1. The second-order valence-corrected chi connectivity index (χ2v) is 13.6. The van der Waals surface area contributed by atoms with E-state index in [2.05, 4.69) is 28.9 Å². The molecular formula is C30H35ClF3N5O3. The standard InChI is InChI=1S/C30H35ClF3N5O3/c1-28(2)20-10-18(11-21(20)28)38(9-6-16-12-36-23-15-35-14-22(31)24(16)23)26(40)19-13-37-39(25(19)30(32,33)34)17-4-7-29(3,8-5-17)27(41)42/h12-15,17-18,20-21,36H,4-11H2,1-3H3,(H,41,42)/t17?,18?,20-,21+,29?. The molecule has 3 atom stereocenters. The number of amides is 1. The normalized spacial score (nSPS) is 28.5. The smallest absolute Gasteiger partial charge is 0.433 e. The molecule has 3 aromatic heterocycles. The molecule has 0 aromatic carbocycles. The number of carboxylic acids is 1. The van der Waals surface area contributed by atoms with E-state index in [1.165, 1.54) is 0 Å². The predicted molar refractivity (Wildman–Crippen MR) is 150 cm³/mol. The van der Waals surface area contributed by atoms with Crippen molar-refractivity contribution in [1.82, 2.24) is 24.6 Å². The van der Waals surface area contributed by atoms with Crippen LogP contribution in [0.25, 0.3) is 10.9 Å². The second kappa shape index (κ2) is 9.99. The van der Waals surface area contributed by atoms with Gasteiger partial charge in [-0.25, -0.2) is 0 Å². The topological polar surface area (TPSA) is 104 Å². The molecule has 3 aromatic rings. The van der Waals surface area contributed by atoms with Crippen molar-refractivity contribution >= 4 is 34.4 Å². The van der Waals surface area contributed by atoms with Crippen molar-refractivity contribution in [3.8, 4) is 0 Å². The number of alkyl halides is 3. The summed E-state index contributed by atoms with van der Waals surface area (Å²) in [6, 6.07) is -0.802. The van der Waals surface area contributed by atoms with E-state index in [-0.39, 0.29) is 43.7 Å². The van der Waals surface area contributed by atoms with Crippen LogP contribution in [0.3, 0.4) is 0 Å². The lowest BCUT2D eigenvalue weighted by atomic mass is 9.74. The van der Waals surface area contributed by atoms with E-state index in [1.807, 2.05) is 6.20 Å². The maximum absolute atomic E-state index is 14.6. The van der Waals surface area contributed by atoms with Crippen LogP contribution in [0.5, 0.6) is 0 Å². The Labute approximate surface area is 246 Å². The molecule has 3 heterocycles. The number of nitrogens with zero attached hydrogens (tertiary/aromatic N) is 4. The first kappa shape index (κ1) is 29.0. The van der Waals surface area contributed by atoms with Crippen LogP contribution in [0.1, 0.15) is 87.0 Å². The first-order chi connectivity index (χ1) is 19.7. The molecule has 0 spiro atoms. The minimum absolute atomic E-state index is 0.168. The number of carbonyl (C=O) groups excluding carboxylic acids is 1. The highest BCUT2D eigenvalue weighted by molar-refractivity contribution is 6.35. The average molecular weight is 606 g/mol. The number of halogens is 4. The van der Waals surface area contributed by atoms with Crippen molar-refractivity contribution in [2.24, 2.45) is 22.7 Å². The van der Waals surface area contributed by atoms with Gasteiger partial charge in [0.05, 0.1) is 40.0 Å². The fraction of sp³-hybridized carbons (Fsp3) is 0.600. The van der Waals surface area contributed by atoms with E-state index in [0.717, 1.165) is 40.2 Å². The molecule has 3 aliphatic carbocycles. The lowest BCUT2D eigenvalue weighted by Gasteiger charge is -2.35. The summed E-state index contributed by atoms with van der Waals surface area (Å²) in [5.74, 6) is -0.727.